The quantitative estimate of drug-likeness (QED) is 0.653. The Hall–Kier alpha value is -2.89. The maximum Gasteiger partial charge on any atom is 0.342 e. The summed E-state index contributed by atoms with van der Waals surface area (Å²) >= 11 is 0. The van der Waals surface area contributed by atoms with Crippen molar-refractivity contribution in [1.82, 2.24) is 15.1 Å². The summed E-state index contributed by atoms with van der Waals surface area (Å²) in [6, 6.07) is 9.51. The third-order valence-corrected chi connectivity index (χ3v) is 3.57. The second-order valence-electron chi connectivity index (χ2n) is 5.37. The lowest BCUT2D eigenvalue weighted by Crippen LogP contribution is -2.36. The van der Waals surface area contributed by atoms with Gasteiger partial charge in [0.05, 0.1) is 17.1 Å². The molecule has 0 bridgehead atoms. The van der Waals surface area contributed by atoms with Gasteiger partial charge in [0.25, 0.3) is 5.91 Å². The first-order chi connectivity index (χ1) is 11.5. The minimum Gasteiger partial charge on any atom is -0.449 e. The van der Waals surface area contributed by atoms with Crippen molar-refractivity contribution < 1.29 is 14.3 Å². The summed E-state index contributed by atoms with van der Waals surface area (Å²) < 4.78 is 6.96. The number of rotatable bonds is 6. The molecule has 0 radical (unpaired) electrons. The minimum atomic E-state index is -0.892. The molecule has 1 N–H and O–H groups in total. The van der Waals surface area contributed by atoms with Crippen LogP contribution in [0.15, 0.2) is 43.0 Å². The fourth-order valence-corrected chi connectivity index (χ4v) is 2.35. The molecule has 24 heavy (non-hydrogen) atoms. The first-order valence-corrected chi connectivity index (χ1v) is 7.67. The average Bonchev–Trinajstić information content (AvgIpc) is 2.87. The predicted molar refractivity (Wildman–Crippen MR) is 91.1 cm³/mol. The van der Waals surface area contributed by atoms with Crippen molar-refractivity contribution in [2.75, 3.05) is 6.54 Å². The number of amides is 1. The van der Waals surface area contributed by atoms with Gasteiger partial charge in [-0.1, -0.05) is 24.3 Å². The molecule has 0 aliphatic rings. The fourth-order valence-electron chi connectivity index (χ4n) is 2.35. The van der Waals surface area contributed by atoms with Crippen molar-refractivity contribution >= 4 is 11.9 Å². The van der Waals surface area contributed by atoms with Crippen LogP contribution in [0.1, 0.15) is 28.7 Å². The highest BCUT2D eigenvalue weighted by atomic mass is 16.5. The number of hydrogen-bond acceptors (Lipinski definition) is 4. The van der Waals surface area contributed by atoms with Crippen LogP contribution in [-0.2, 0) is 9.53 Å². The zero-order valence-corrected chi connectivity index (χ0v) is 14.1. The van der Waals surface area contributed by atoms with E-state index in [1.807, 2.05) is 30.3 Å². The molecule has 6 nitrogen and oxygen atoms in total. The summed E-state index contributed by atoms with van der Waals surface area (Å²) in [6.07, 6.45) is 0.668. The Labute approximate surface area is 141 Å². The predicted octanol–water partition coefficient (Wildman–Crippen LogP) is 2.34. The van der Waals surface area contributed by atoms with Crippen molar-refractivity contribution in [3.05, 3.63) is 59.9 Å². The van der Waals surface area contributed by atoms with Crippen molar-refractivity contribution in [3.8, 4) is 5.69 Å². The molecule has 0 saturated heterocycles. The number of aromatic nitrogens is 2. The van der Waals surface area contributed by atoms with Crippen LogP contribution >= 0.6 is 0 Å². The van der Waals surface area contributed by atoms with Crippen LogP contribution in [0, 0.1) is 13.8 Å². The number of para-hydroxylation sites is 1. The molecule has 0 saturated carbocycles. The first-order valence-electron chi connectivity index (χ1n) is 7.67. The SMILES string of the molecule is C=CCNC(=O)[C@H](C)OC(=O)c1c(C)nn(-c2ccccc2)c1C. The zero-order chi connectivity index (χ0) is 17.7. The summed E-state index contributed by atoms with van der Waals surface area (Å²) in [6.45, 7) is 8.92. The van der Waals surface area contributed by atoms with Gasteiger partial charge in [-0.15, -0.1) is 6.58 Å². The molecule has 0 spiro atoms. The number of hydrogen-bond donors (Lipinski definition) is 1. The van der Waals surface area contributed by atoms with Gasteiger partial charge in [-0.05, 0) is 32.9 Å². The van der Waals surface area contributed by atoms with E-state index >= 15 is 0 Å². The van der Waals surface area contributed by atoms with E-state index in [4.69, 9.17) is 4.74 Å². The first kappa shape index (κ1) is 17.5. The van der Waals surface area contributed by atoms with Crippen LogP contribution in [-0.4, -0.2) is 34.3 Å². The maximum atomic E-state index is 12.4. The van der Waals surface area contributed by atoms with E-state index in [0.717, 1.165) is 5.69 Å². The highest BCUT2D eigenvalue weighted by Crippen LogP contribution is 2.19. The standard InChI is InChI=1S/C18H21N3O3/c1-5-11-19-17(22)14(4)24-18(23)16-12(2)20-21(13(16)3)15-9-7-6-8-10-15/h5-10,14H,1,11H2,2-4H3,(H,19,22)/t14-/m0/s1. The molecular formula is C18H21N3O3. The monoisotopic (exact) mass is 327 g/mol. The van der Waals surface area contributed by atoms with E-state index in [-0.39, 0.29) is 5.91 Å². The Kier molecular flexibility index (Phi) is 5.52. The van der Waals surface area contributed by atoms with Gasteiger partial charge in [-0.2, -0.15) is 5.10 Å². The molecule has 2 rings (SSSR count). The Balaban J connectivity index is 2.20. The Morgan fingerprint density at radius 1 is 1.33 bits per heavy atom. The molecule has 1 heterocycles. The Morgan fingerprint density at radius 3 is 2.62 bits per heavy atom. The van der Waals surface area contributed by atoms with Crippen LogP contribution < -0.4 is 5.32 Å². The molecule has 1 atom stereocenters. The molecule has 126 valence electrons. The van der Waals surface area contributed by atoms with E-state index in [2.05, 4.69) is 17.0 Å². The molecular weight excluding hydrogens is 306 g/mol. The summed E-state index contributed by atoms with van der Waals surface area (Å²) in [7, 11) is 0. The second-order valence-corrected chi connectivity index (χ2v) is 5.37. The van der Waals surface area contributed by atoms with Crippen molar-refractivity contribution in [1.29, 1.82) is 0 Å². The van der Waals surface area contributed by atoms with Gasteiger partial charge in [0.15, 0.2) is 6.10 Å². The number of carbonyl (C=O) groups excluding carboxylic acids is 2. The third kappa shape index (κ3) is 3.71. The van der Waals surface area contributed by atoms with E-state index in [1.54, 1.807) is 24.6 Å². The van der Waals surface area contributed by atoms with Crippen LogP contribution in [0.4, 0.5) is 0 Å². The van der Waals surface area contributed by atoms with E-state index < -0.39 is 12.1 Å². The molecule has 6 heteroatoms. The van der Waals surface area contributed by atoms with E-state index in [1.165, 1.54) is 6.92 Å². The summed E-state index contributed by atoms with van der Waals surface area (Å²) in [5.41, 5.74) is 2.46. The van der Waals surface area contributed by atoms with E-state index in [0.29, 0.717) is 23.5 Å². The van der Waals surface area contributed by atoms with Gasteiger partial charge in [0, 0.05) is 6.54 Å². The van der Waals surface area contributed by atoms with Crippen molar-refractivity contribution in [2.24, 2.45) is 0 Å². The molecule has 1 aromatic heterocycles. The molecule has 2 aromatic rings. The topological polar surface area (TPSA) is 73.2 Å². The van der Waals surface area contributed by atoms with Gasteiger partial charge in [0.2, 0.25) is 0 Å². The van der Waals surface area contributed by atoms with Crippen molar-refractivity contribution in [3.63, 3.8) is 0 Å². The number of benzene rings is 1. The van der Waals surface area contributed by atoms with Crippen LogP contribution in [0.25, 0.3) is 5.69 Å². The lowest BCUT2D eigenvalue weighted by atomic mass is 10.2. The van der Waals surface area contributed by atoms with Gasteiger partial charge < -0.3 is 10.1 Å². The van der Waals surface area contributed by atoms with Gasteiger partial charge in [-0.25, -0.2) is 9.48 Å². The lowest BCUT2D eigenvalue weighted by molar-refractivity contribution is -0.128. The molecule has 0 aliphatic carbocycles. The van der Waals surface area contributed by atoms with E-state index in [9.17, 15) is 9.59 Å². The number of esters is 1. The minimum absolute atomic E-state index is 0.324. The van der Waals surface area contributed by atoms with Gasteiger partial charge in [-0.3, -0.25) is 4.79 Å². The highest BCUT2D eigenvalue weighted by Gasteiger charge is 2.24. The Morgan fingerprint density at radius 2 is 2.00 bits per heavy atom. The number of aryl methyl sites for hydroxylation is 1. The summed E-state index contributed by atoms with van der Waals surface area (Å²) in [5, 5.41) is 7.00. The second kappa shape index (κ2) is 7.59. The molecule has 0 fully saturated rings. The third-order valence-electron chi connectivity index (χ3n) is 3.57. The largest absolute Gasteiger partial charge is 0.449 e. The number of nitrogens with one attached hydrogen (secondary N) is 1. The number of carbonyl (C=O) groups is 2. The molecule has 0 aliphatic heterocycles. The van der Waals surface area contributed by atoms with Crippen LogP contribution in [0.3, 0.4) is 0 Å². The molecule has 0 unspecified atom stereocenters. The van der Waals surface area contributed by atoms with Crippen molar-refractivity contribution in [2.45, 2.75) is 26.9 Å². The molecule has 1 amide bonds. The summed E-state index contributed by atoms with van der Waals surface area (Å²) in [4.78, 5) is 24.3. The van der Waals surface area contributed by atoms with Crippen LogP contribution in [0.5, 0.6) is 0 Å². The fraction of sp³-hybridized carbons (Fsp3) is 0.278. The summed E-state index contributed by atoms with van der Waals surface area (Å²) in [5.74, 6) is -0.928. The smallest absolute Gasteiger partial charge is 0.342 e. The van der Waals surface area contributed by atoms with Crippen LogP contribution in [0.2, 0.25) is 0 Å². The molecule has 1 aromatic carbocycles. The number of ether oxygens (including phenoxy) is 1. The normalized spacial score (nSPS) is 11.6. The highest BCUT2D eigenvalue weighted by molar-refractivity contribution is 5.94. The zero-order valence-electron chi connectivity index (χ0n) is 14.1. The Bertz CT molecular complexity index is 750. The number of nitrogens with zero attached hydrogens (tertiary/aromatic N) is 2. The van der Waals surface area contributed by atoms with Gasteiger partial charge >= 0.3 is 5.97 Å². The lowest BCUT2D eigenvalue weighted by Gasteiger charge is -2.13. The average molecular weight is 327 g/mol. The van der Waals surface area contributed by atoms with Gasteiger partial charge in [0.1, 0.15) is 5.56 Å². The maximum absolute atomic E-state index is 12.4.